The summed E-state index contributed by atoms with van der Waals surface area (Å²) in [6.45, 7) is 1.33. The lowest BCUT2D eigenvalue weighted by molar-refractivity contribution is 0.151. The lowest BCUT2D eigenvalue weighted by atomic mass is 10.0. The van der Waals surface area contributed by atoms with E-state index in [0.717, 1.165) is 12.8 Å². The van der Waals surface area contributed by atoms with E-state index in [0.29, 0.717) is 42.5 Å². The molecular formula is C14H20ClFN2O2. The Labute approximate surface area is 123 Å². The van der Waals surface area contributed by atoms with E-state index in [1.165, 1.54) is 6.07 Å². The molecule has 0 spiro atoms. The number of methoxy groups -OCH3 is 1. The molecule has 4 nitrogen and oxygen atoms in total. The van der Waals surface area contributed by atoms with E-state index in [-0.39, 0.29) is 0 Å². The number of benzene rings is 1. The maximum Gasteiger partial charge on any atom is 0.133 e. The Morgan fingerprint density at radius 2 is 2.15 bits per heavy atom. The van der Waals surface area contributed by atoms with Crippen molar-refractivity contribution in [2.45, 2.75) is 19.3 Å². The van der Waals surface area contributed by atoms with Crippen LogP contribution < -0.4 is 5.73 Å². The average Bonchev–Trinajstić information content (AvgIpc) is 2.42. The molecule has 0 aliphatic rings. The predicted molar refractivity (Wildman–Crippen MR) is 78.7 cm³/mol. The second-order valence-corrected chi connectivity index (χ2v) is 4.67. The molecule has 6 heteroatoms. The highest BCUT2D eigenvalue weighted by molar-refractivity contribution is 6.30. The molecule has 1 rings (SSSR count). The summed E-state index contributed by atoms with van der Waals surface area (Å²) in [6, 6.07) is 4.51. The topological polar surface area (TPSA) is 56.8 Å². The molecule has 0 heterocycles. The van der Waals surface area contributed by atoms with Crippen LogP contribution in [0, 0.1) is 5.82 Å². The summed E-state index contributed by atoms with van der Waals surface area (Å²) in [5.74, 6) is -0.403. The zero-order valence-corrected chi connectivity index (χ0v) is 12.3. The zero-order valence-electron chi connectivity index (χ0n) is 11.6. The SMILES string of the molecule is COCCCC/C(=N\OCCN)c1ccc(Cl)cc1F. The molecule has 2 N–H and O–H groups in total. The average molecular weight is 303 g/mol. The van der Waals surface area contributed by atoms with Crippen molar-refractivity contribution in [2.75, 3.05) is 26.9 Å². The minimum Gasteiger partial charge on any atom is -0.394 e. The summed E-state index contributed by atoms with van der Waals surface area (Å²) >= 11 is 5.75. The third-order valence-electron chi connectivity index (χ3n) is 2.64. The van der Waals surface area contributed by atoms with Gasteiger partial charge in [-0.3, -0.25) is 0 Å². The van der Waals surface area contributed by atoms with Crippen LogP contribution in [-0.2, 0) is 9.57 Å². The third kappa shape index (κ3) is 5.86. The van der Waals surface area contributed by atoms with Crippen molar-refractivity contribution in [3.8, 4) is 0 Å². The van der Waals surface area contributed by atoms with Crippen molar-refractivity contribution in [1.29, 1.82) is 0 Å². The Kier molecular flexibility index (Phi) is 8.18. The van der Waals surface area contributed by atoms with Crippen LogP contribution in [-0.4, -0.2) is 32.6 Å². The van der Waals surface area contributed by atoms with E-state index in [4.69, 9.17) is 26.9 Å². The van der Waals surface area contributed by atoms with Crippen LogP contribution in [0.4, 0.5) is 4.39 Å². The number of nitrogens with zero attached hydrogens (tertiary/aromatic N) is 1. The van der Waals surface area contributed by atoms with E-state index in [9.17, 15) is 4.39 Å². The number of unbranched alkanes of at least 4 members (excludes halogenated alkanes) is 1. The predicted octanol–water partition coefficient (Wildman–Crippen LogP) is 2.98. The first-order valence-corrected chi connectivity index (χ1v) is 6.90. The highest BCUT2D eigenvalue weighted by Gasteiger charge is 2.11. The summed E-state index contributed by atoms with van der Waals surface area (Å²) in [7, 11) is 1.65. The van der Waals surface area contributed by atoms with Gasteiger partial charge in [0.2, 0.25) is 0 Å². The van der Waals surface area contributed by atoms with Gasteiger partial charge in [0.25, 0.3) is 0 Å². The maximum atomic E-state index is 13.9. The van der Waals surface area contributed by atoms with Gasteiger partial charge in [-0.05, 0) is 37.5 Å². The van der Waals surface area contributed by atoms with E-state index in [1.807, 2.05) is 0 Å². The first kappa shape index (κ1) is 16.9. The summed E-state index contributed by atoms with van der Waals surface area (Å²) in [5.41, 5.74) is 6.31. The molecule has 0 saturated carbocycles. The lowest BCUT2D eigenvalue weighted by Crippen LogP contribution is -2.10. The number of nitrogens with two attached hydrogens (primary N) is 1. The number of rotatable bonds is 9. The maximum absolute atomic E-state index is 13.9. The molecule has 0 radical (unpaired) electrons. The van der Waals surface area contributed by atoms with Gasteiger partial charge in [-0.1, -0.05) is 16.8 Å². The fraction of sp³-hybridized carbons (Fsp3) is 0.500. The largest absolute Gasteiger partial charge is 0.394 e. The molecule has 0 aliphatic heterocycles. The summed E-state index contributed by atoms with van der Waals surface area (Å²) < 4.78 is 18.9. The number of halogens is 2. The van der Waals surface area contributed by atoms with Crippen LogP contribution in [0.3, 0.4) is 0 Å². The molecule has 112 valence electrons. The smallest absolute Gasteiger partial charge is 0.133 e. The molecule has 0 aromatic heterocycles. The highest BCUT2D eigenvalue weighted by Crippen LogP contribution is 2.18. The van der Waals surface area contributed by atoms with E-state index < -0.39 is 5.82 Å². The minimum absolute atomic E-state index is 0.302. The first-order chi connectivity index (χ1) is 9.69. The summed E-state index contributed by atoms with van der Waals surface area (Å²) in [6.07, 6.45) is 2.31. The molecule has 0 saturated heterocycles. The van der Waals surface area contributed by atoms with Crippen LogP contribution in [0.2, 0.25) is 5.02 Å². The van der Waals surface area contributed by atoms with Crippen molar-refractivity contribution in [3.05, 3.63) is 34.6 Å². The minimum atomic E-state index is -0.403. The quantitative estimate of drug-likeness (QED) is 0.433. The fourth-order valence-electron chi connectivity index (χ4n) is 1.67. The van der Waals surface area contributed by atoms with E-state index in [1.54, 1.807) is 19.2 Å². The molecule has 0 unspecified atom stereocenters. The standard InChI is InChI=1S/C14H20ClFN2O2/c1-19-8-3-2-4-14(18-20-9-7-17)12-6-5-11(15)10-13(12)16/h5-6,10H,2-4,7-9,17H2,1H3/b18-14+. The van der Waals surface area contributed by atoms with Gasteiger partial charge in [-0.2, -0.15) is 0 Å². The monoisotopic (exact) mass is 302 g/mol. The molecule has 0 bridgehead atoms. The Morgan fingerprint density at radius 3 is 2.80 bits per heavy atom. The molecule has 20 heavy (non-hydrogen) atoms. The highest BCUT2D eigenvalue weighted by atomic mass is 35.5. The Hall–Kier alpha value is -1.17. The Morgan fingerprint density at radius 1 is 1.35 bits per heavy atom. The van der Waals surface area contributed by atoms with Crippen molar-refractivity contribution >= 4 is 17.3 Å². The van der Waals surface area contributed by atoms with E-state index in [2.05, 4.69) is 5.16 Å². The first-order valence-electron chi connectivity index (χ1n) is 6.52. The molecule has 1 aromatic rings. The Balaban J connectivity index is 2.77. The number of hydrogen-bond acceptors (Lipinski definition) is 4. The van der Waals surface area contributed by atoms with Crippen LogP contribution in [0.25, 0.3) is 0 Å². The summed E-state index contributed by atoms with van der Waals surface area (Å²) in [5, 5.41) is 4.34. The molecule has 1 aromatic carbocycles. The third-order valence-corrected chi connectivity index (χ3v) is 2.87. The molecule has 0 atom stereocenters. The summed E-state index contributed by atoms with van der Waals surface area (Å²) in [4.78, 5) is 5.07. The molecule has 0 aliphatic carbocycles. The normalized spacial score (nSPS) is 11.7. The molecule has 0 fully saturated rings. The number of hydrogen-bond donors (Lipinski definition) is 1. The lowest BCUT2D eigenvalue weighted by Gasteiger charge is -2.08. The van der Waals surface area contributed by atoms with Gasteiger partial charge in [-0.25, -0.2) is 4.39 Å². The van der Waals surface area contributed by atoms with Crippen LogP contribution in [0.15, 0.2) is 23.4 Å². The van der Waals surface area contributed by atoms with Gasteiger partial charge in [0.05, 0.1) is 5.71 Å². The van der Waals surface area contributed by atoms with Crippen molar-refractivity contribution in [3.63, 3.8) is 0 Å². The van der Waals surface area contributed by atoms with Crippen molar-refractivity contribution in [2.24, 2.45) is 10.9 Å². The zero-order chi connectivity index (χ0) is 14.8. The molecule has 0 amide bonds. The number of oxime groups is 1. The van der Waals surface area contributed by atoms with Crippen molar-refractivity contribution in [1.82, 2.24) is 0 Å². The van der Waals surface area contributed by atoms with Gasteiger partial charge in [-0.15, -0.1) is 0 Å². The van der Waals surface area contributed by atoms with Gasteiger partial charge >= 0.3 is 0 Å². The van der Waals surface area contributed by atoms with Gasteiger partial charge in [0.1, 0.15) is 12.4 Å². The number of ether oxygens (including phenoxy) is 1. The van der Waals surface area contributed by atoms with Gasteiger partial charge < -0.3 is 15.3 Å². The van der Waals surface area contributed by atoms with Gasteiger partial charge in [0, 0.05) is 30.8 Å². The molecular weight excluding hydrogens is 283 g/mol. The van der Waals surface area contributed by atoms with Crippen LogP contribution >= 0.6 is 11.6 Å². The Bertz CT molecular complexity index is 441. The van der Waals surface area contributed by atoms with E-state index >= 15 is 0 Å². The second-order valence-electron chi connectivity index (χ2n) is 4.23. The van der Waals surface area contributed by atoms with Crippen molar-refractivity contribution < 1.29 is 14.0 Å². The second kappa shape index (κ2) is 9.69. The van der Waals surface area contributed by atoms with Gasteiger partial charge in [0.15, 0.2) is 0 Å². The van der Waals surface area contributed by atoms with Crippen LogP contribution in [0.1, 0.15) is 24.8 Å². The fourth-order valence-corrected chi connectivity index (χ4v) is 1.83. The van der Waals surface area contributed by atoms with Crippen LogP contribution in [0.5, 0.6) is 0 Å².